The van der Waals surface area contributed by atoms with Crippen molar-refractivity contribution < 1.29 is 5.11 Å². The number of phenols is 1. The molecule has 88 valence electrons. The fourth-order valence-electron chi connectivity index (χ4n) is 2.43. The summed E-state index contributed by atoms with van der Waals surface area (Å²) in [5.74, 6) is 0.867. The van der Waals surface area contributed by atoms with Crippen molar-refractivity contribution in [2.24, 2.45) is 5.73 Å². The lowest BCUT2D eigenvalue weighted by Gasteiger charge is -2.22. The highest BCUT2D eigenvalue weighted by Gasteiger charge is 2.48. The van der Waals surface area contributed by atoms with Crippen LogP contribution in [0.2, 0.25) is 0 Å². The molecule has 1 unspecified atom stereocenters. The molecule has 0 aromatic heterocycles. The van der Waals surface area contributed by atoms with Gasteiger partial charge in [-0.1, -0.05) is 26.0 Å². The average molecular weight is 219 g/mol. The zero-order valence-corrected chi connectivity index (χ0v) is 10.3. The molecule has 1 aromatic carbocycles. The highest BCUT2D eigenvalue weighted by Crippen LogP contribution is 2.53. The fourth-order valence-corrected chi connectivity index (χ4v) is 2.43. The van der Waals surface area contributed by atoms with Gasteiger partial charge in [0.05, 0.1) is 0 Å². The molecule has 0 radical (unpaired) electrons. The van der Waals surface area contributed by atoms with Crippen LogP contribution in [-0.4, -0.2) is 11.1 Å². The summed E-state index contributed by atoms with van der Waals surface area (Å²) in [6.45, 7) is 6.29. The van der Waals surface area contributed by atoms with E-state index in [1.165, 1.54) is 5.56 Å². The molecular formula is C14H21NO. The summed E-state index contributed by atoms with van der Waals surface area (Å²) >= 11 is 0. The SMILES string of the molecule is CC(C)c1ccc(C2(C(C)N)CC2)c(O)c1. The molecule has 1 atom stereocenters. The zero-order chi connectivity index (χ0) is 11.9. The predicted octanol–water partition coefficient (Wildman–Crippen LogP) is 2.89. The van der Waals surface area contributed by atoms with Gasteiger partial charge in [-0.25, -0.2) is 0 Å². The van der Waals surface area contributed by atoms with Crippen LogP contribution >= 0.6 is 0 Å². The van der Waals surface area contributed by atoms with Gasteiger partial charge in [-0.15, -0.1) is 0 Å². The van der Waals surface area contributed by atoms with Crippen molar-refractivity contribution in [3.05, 3.63) is 29.3 Å². The van der Waals surface area contributed by atoms with Crippen molar-refractivity contribution in [3.63, 3.8) is 0 Å². The summed E-state index contributed by atoms with van der Waals surface area (Å²) in [6.07, 6.45) is 2.19. The summed E-state index contributed by atoms with van der Waals surface area (Å²) in [5.41, 5.74) is 8.28. The summed E-state index contributed by atoms with van der Waals surface area (Å²) < 4.78 is 0. The van der Waals surface area contributed by atoms with Crippen LogP contribution in [0, 0.1) is 0 Å². The van der Waals surface area contributed by atoms with E-state index in [0.717, 1.165) is 18.4 Å². The van der Waals surface area contributed by atoms with Gasteiger partial charge in [-0.2, -0.15) is 0 Å². The highest BCUT2D eigenvalue weighted by molar-refractivity contribution is 5.46. The van der Waals surface area contributed by atoms with Gasteiger partial charge < -0.3 is 10.8 Å². The van der Waals surface area contributed by atoms with E-state index in [1.54, 1.807) is 0 Å². The quantitative estimate of drug-likeness (QED) is 0.821. The van der Waals surface area contributed by atoms with Crippen LogP contribution in [0.25, 0.3) is 0 Å². The van der Waals surface area contributed by atoms with Crippen LogP contribution in [0.3, 0.4) is 0 Å². The molecule has 3 N–H and O–H groups in total. The van der Waals surface area contributed by atoms with Crippen LogP contribution < -0.4 is 5.73 Å². The van der Waals surface area contributed by atoms with Gasteiger partial charge in [0.2, 0.25) is 0 Å². The predicted molar refractivity (Wildman–Crippen MR) is 66.8 cm³/mol. The van der Waals surface area contributed by atoms with Gasteiger partial charge >= 0.3 is 0 Å². The molecule has 0 amide bonds. The van der Waals surface area contributed by atoms with Gasteiger partial charge in [-0.3, -0.25) is 0 Å². The molecule has 0 heterocycles. The fraction of sp³-hybridized carbons (Fsp3) is 0.571. The summed E-state index contributed by atoms with van der Waals surface area (Å²) in [7, 11) is 0. The van der Waals surface area contributed by atoms with E-state index in [2.05, 4.69) is 26.0 Å². The van der Waals surface area contributed by atoms with E-state index >= 15 is 0 Å². The molecule has 2 nitrogen and oxygen atoms in total. The van der Waals surface area contributed by atoms with E-state index < -0.39 is 0 Å². The summed E-state index contributed by atoms with van der Waals surface area (Å²) in [5, 5.41) is 10.1. The van der Waals surface area contributed by atoms with Gasteiger partial charge in [0.25, 0.3) is 0 Å². The molecule has 2 heteroatoms. The monoisotopic (exact) mass is 219 g/mol. The van der Waals surface area contributed by atoms with Crippen LogP contribution in [0.1, 0.15) is 50.7 Å². The van der Waals surface area contributed by atoms with Crippen molar-refractivity contribution in [1.29, 1.82) is 0 Å². The van der Waals surface area contributed by atoms with Crippen LogP contribution in [-0.2, 0) is 5.41 Å². The Kier molecular flexibility index (Phi) is 2.70. The summed E-state index contributed by atoms with van der Waals surface area (Å²) in [4.78, 5) is 0. The Morgan fingerprint density at radius 1 is 1.25 bits per heavy atom. The molecule has 1 aromatic rings. The lowest BCUT2D eigenvalue weighted by Crippen LogP contribution is -2.31. The zero-order valence-electron chi connectivity index (χ0n) is 10.3. The number of aromatic hydroxyl groups is 1. The van der Waals surface area contributed by atoms with Gasteiger partial charge in [0.15, 0.2) is 0 Å². The van der Waals surface area contributed by atoms with Crippen LogP contribution in [0.5, 0.6) is 5.75 Å². The maximum absolute atomic E-state index is 10.1. The molecule has 16 heavy (non-hydrogen) atoms. The average Bonchev–Trinajstić information content (AvgIpc) is 2.98. The number of rotatable bonds is 3. The van der Waals surface area contributed by atoms with Crippen molar-refractivity contribution in [2.75, 3.05) is 0 Å². The van der Waals surface area contributed by atoms with E-state index in [9.17, 15) is 5.11 Å². The minimum atomic E-state index is 0.0413. The second kappa shape index (κ2) is 3.77. The Hall–Kier alpha value is -1.02. The van der Waals surface area contributed by atoms with E-state index in [4.69, 9.17) is 5.73 Å². The van der Waals surface area contributed by atoms with Gasteiger partial charge in [0, 0.05) is 17.0 Å². The van der Waals surface area contributed by atoms with Crippen LogP contribution in [0.4, 0.5) is 0 Å². The molecule has 0 spiro atoms. The maximum atomic E-state index is 10.1. The topological polar surface area (TPSA) is 46.2 Å². The van der Waals surface area contributed by atoms with Crippen molar-refractivity contribution >= 4 is 0 Å². The molecule has 1 fully saturated rings. The Bertz CT molecular complexity index is 392. The van der Waals surface area contributed by atoms with E-state index in [0.29, 0.717) is 11.7 Å². The molecular weight excluding hydrogens is 198 g/mol. The third-order valence-electron chi connectivity index (χ3n) is 3.89. The smallest absolute Gasteiger partial charge is 0.119 e. The molecule has 1 saturated carbocycles. The van der Waals surface area contributed by atoms with Gasteiger partial charge in [0.1, 0.15) is 5.75 Å². The molecule has 0 bridgehead atoms. The van der Waals surface area contributed by atoms with Crippen molar-refractivity contribution in [1.82, 2.24) is 0 Å². The van der Waals surface area contributed by atoms with Gasteiger partial charge in [-0.05, 0) is 37.3 Å². The number of hydrogen-bond donors (Lipinski definition) is 2. The Labute approximate surface area is 97.5 Å². The Morgan fingerprint density at radius 2 is 1.88 bits per heavy atom. The molecule has 1 aliphatic carbocycles. The minimum Gasteiger partial charge on any atom is -0.508 e. The standard InChI is InChI=1S/C14H21NO/c1-9(2)11-4-5-12(13(16)8-11)14(6-7-14)10(3)15/h4-5,8-10,16H,6-7,15H2,1-3H3. The number of phenolic OH excluding ortho intramolecular Hbond substituents is 1. The first-order chi connectivity index (χ1) is 7.47. The highest BCUT2D eigenvalue weighted by atomic mass is 16.3. The third kappa shape index (κ3) is 1.71. The second-order valence-corrected chi connectivity index (χ2v) is 5.38. The Morgan fingerprint density at radius 3 is 2.25 bits per heavy atom. The van der Waals surface area contributed by atoms with E-state index in [1.807, 2.05) is 13.0 Å². The van der Waals surface area contributed by atoms with Crippen LogP contribution in [0.15, 0.2) is 18.2 Å². The molecule has 1 aliphatic rings. The normalized spacial score (nSPS) is 19.8. The minimum absolute atomic E-state index is 0.0413. The summed E-state index contributed by atoms with van der Waals surface area (Å²) in [6, 6.07) is 6.18. The molecule has 0 aliphatic heterocycles. The Balaban J connectivity index is 2.37. The lowest BCUT2D eigenvalue weighted by atomic mass is 9.87. The van der Waals surface area contributed by atoms with Crippen molar-refractivity contribution in [2.45, 2.75) is 51.0 Å². The number of nitrogens with two attached hydrogens (primary N) is 1. The van der Waals surface area contributed by atoms with Crippen molar-refractivity contribution in [3.8, 4) is 5.75 Å². The first-order valence-electron chi connectivity index (χ1n) is 6.06. The van der Waals surface area contributed by atoms with E-state index in [-0.39, 0.29) is 11.5 Å². The lowest BCUT2D eigenvalue weighted by molar-refractivity contribution is 0.445. The maximum Gasteiger partial charge on any atom is 0.119 e. The number of hydrogen-bond acceptors (Lipinski definition) is 2. The molecule has 2 rings (SSSR count). The first-order valence-corrected chi connectivity index (χ1v) is 6.06. The first kappa shape index (κ1) is 11.5. The third-order valence-corrected chi connectivity index (χ3v) is 3.89. The second-order valence-electron chi connectivity index (χ2n) is 5.38. The number of benzene rings is 1. The molecule has 0 saturated heterocycles. The largest absolute Gasteiger partial charge is 0.508 e.